The number of nitrogens with zero attached hydrogens (tertiary/aromatic N) is 1. The van der Waals surface area contributed by atoms with Crippen LogP contribution in [0.3, 0.4) is 0 Å². The highest BCUT2D eigenvalue weighted by Crippen LogP contribution is 2.28. The van der Waals surface area contributed by atoms with Crippen LogP contribution in [0.2, 0.25) is 0 Å². The van der Waals surface area contributed by atoms with E-state index in [1.807, 2.05) is 50.9 Å². The quantitative estimate of drug-likeness (QED) is 0.872. The Kier molecular flexibility index (Phi) is 3.94. The van der Waals surface area contributed by atoms with Crippen LogP contribution >= 0.6 is 0 Å². The average molecular weight is 235 g/mol. The molecule has 0 fully saturated rings. The van der Waals surface area contributed by atoms with Crippen molar-refractivity contribution in [2.24, 2.45) is 0 Å². The second-order valence-corrected chi connectivity index (χ2v) is 4.69. The van der Waals surface area contributed by atoms with Crippen molar-refractivity contribution >= 4 is 5.97 Å². The van der Waals surface area contributed by atoms with E-state index in [2.05, 4.69) is 0 Å². The van der Waals surface area contributed by atoms with Crippen LogP contribution in [-0.4, -0.2) is 29.6 Å². The fraction of sp³-hybridized carbons (Fsp3) is 0.500. The SMILES string of the molecule is CCN(C)C(C)(C(=O)O)c1ccc(C)c(C)c1. The number of likely N-dealkylation sites (N-methyl/N-ethyl adjacent to an activating group) is 1. The van der Waals surface area contributed by atoms with E-state index in [1.165, 1.54) is 5.56 Å². The Morgan fingerprint density at radius 3 is 2.35 bits per heavy atom. The van der Waals surface area contributed by atoms with Gasteiger partial charge in [0, 0.05) is 0 Å². The summed E-state index contributed by atoms with van der Waals surface area (Å²) in [5.41, 5.74) is 2.17. The molecule has 0 spiro atoms. The number of aryl methyl sites for hydroxylation is 2. The van der Waals surface area contributed by atoms with Crippen LogP contribution in [0.1, 0.15) is 30.5 Å². The molecule has 0 amide bonds. The molecule has 1 N–H and O–H groups in total. The molecule has 1 atom stereocenters. The van der Waals surface area contributed by atoms with Crippen LogP contribution in [0.15, 0.2) is 18.2 Å². The number of carbonyl (C=O) groups is 1. The Morgan fingerprint density at radius 2 is 1.94 bits per heavy atom. The van der Waals surface area contributed by atoms with E-state index >= 15 is 0 Å². The summed E-state index contributed by atoms with van der Waals surface area (Å²) in [6.07, 6.45) is 0. The van der Waals surface area contributed by atoms with Crippen molar-refractivity contribution in [3.05, 3.63) is 34.9 Å². The largest absolute Gasteiger partial charge is 0.480 e. The van der Waals surface area contributed by atoms with Gasteiger partial charge in [0.25, 0.3) is 0 Å². The molecule has 0 aliphatic carbocycles. The minimum atomic E-state index is -0.965. The predicted molar refractivity (Wildman–Crippen MR) is 69.2 cm³/mol. The molecule has 1 unspecified atom stereocenters. The smallest absolute Gasteiger partial charge is 0.328 e. The zero-order valence-corrected chi connectivity index (χ0v) is 11.2. The number of aliphatic carboxylic acids is 1. The molecule has 0 heterocycles. The second kappa shape index (κ2) is 4.88. The van der Waals surface area contributed by atoms with Gasteiger partial charge in [-0.15, -0.1) is 0 Å². The first-order valence-electron chi connectivity index (χ1n) is 5.86. The fourth-order valence-corrected chi connectivity index (χ4v) is 1.87. The Morgan fingerprint density at radius 1 is 1.35 bits per heavy atom. The van der Waals surface area contributed by atoms with Gasteiger partial charge < -0.3 is 5.11 Å². The van der Waals surface area contributed by atoms with Crippen LogP contribution in [0.4, 0.5) is 0 Å². The van der Waals surface area contributed by atoms with E-state index < -0.39 is 11.5 Å². The van der Waals surface area contributed by atoms with Crippen LogP contribution < -0.4 is 0 Å². The molecule has 17 heavy (non-hydrogen) atoms. The van der Waals surface area contributed by atoms with E-state index in [9.17, 15) is 9.90 Å². The molecule has 94 valence electrons. The molecule has 1 aromatic rings. The van der Waals surface area contributed by atoms with Crippen molar-refractivity contribution in [1.29, 1.82) is 0 Å². The molecule has 0 radical (unpaired) electrons. The van der Waals surface area contributed by atoms with Crippen molar-refractivity contribution in [2.75, 3.05) is 13.6 Å². The molecule has 0 bridgehead atoms. The van der Waals surface area contributed by atoms with E-state index in [0.29, 0.717) is 6.54 Å². The third-order valence-corrected chi connectivity index (χ3v) is 3.72. The average Bonchev–Trinajstić information content (AvgIpc) is 2.30. The molecule has 0 aromatic heterocycles. The first-order chi connectivity index (χ1) is 7.83. The van der Waals surface area contributed by atoms with Crippen molar-refractivity contribution in [3.8, 4) is 0 Å². The molecule has 3 heteroatoms. The molecule has 0 saturated heterocycles. The summed E-state index contributed by atoms with van der Waals surface area (Å²) in [5.74, 6) is -0.815. The Bertz CT molecular complexity index is 428. The van der Waals surface area contributed by atoms with E-state index in [1.54, 1.807) is 6.92 Å². The Labute approximate surface area is 103 Å². The van der Waals surface area contributed by atoms with E-state index in [4.69, 9.17) is 0 Å². The number of hydrogen-bond acceptors (Lipinski definition) is 2. The summed E-state index contributed by atoms with van der Waals surface area (Å²) in [5, 5.41) is 9.51. The van der Waals surface area contributed by atoms with E-state index in [-0.39, 0.29) is 0 Å². The minimum absolute atomic E-state index is 0.690. The van der Waals surface area contributed by atoms with Crippen molar-refractivity contribution in [3.63, 3.8) is 0 Å². The lowest BCUT2D eigenvalue weighted by atomic mass is 9.88. The van der Waals surface area contributed by atoms with E-state index in [0.717, 1.165) is 11.1 Å². The van der Waals surface area contributed by atoms with Crippen molar-refractivity contribution in [1.82, 2.24) is 4.90 Å². The van der Waals surface area contributed by atoms with Gasteiger partial charge in [-0.2, -0.15) is 0 Å². The summed E-state index contributed by atoms with van der Waals surface area (Å²) in [7, 11) is 1.84. The number of carboxylic acid groups (broad SMARTS) is 1. The summed E-state index contributed by atoms with van der Waals surface area (Å²) in [4.78, 5) is 13.4. The molecule has 1 aromatic carbocycles. The van der Waals surface area contributed by atoms with Gasteiger partial charge in [-0.1, -0.05) is 25.1 Å². The van der Waals surface area contributed by atoms with Gasteiger partial charge in [-0.3, -0.25) is 4.90 Å². The normalized spacial score (nSPS) is 14.7. The first-order valence-corrected chi connectivity index (χ1v) is 5.86. The molecular weight excluding hydrogens is 214 g/mol. The topological polar surface area (TPSA) is 40.5 Å². The lowest BCUT2D eigenvalue weighted by Gasteiger charge is -2.35. The van der Waals surface area contributed by atoms with Gasteiger partial charge in [0.15, 0.2) is 0 Å². The lowest BCUT2D eigenvalue weighted by Crippen LogP contribution is -2.47. The maximum absolute atomic E-state index is 11.6. The zero-order chi connectivity index (χ0) is 13.2. The van der Waals surface area contributed by atoms with Gasteiger partial charge in [-0.25, -0.2) is 4.79 Å². The highest BCUT2D eigenvalue weighted by atomic mass is 16.4. The number of hydrogen-bond donors (Lipinski definition) is 1. The highest BCUT2D eigenvalue weighted by molar-refractivity contribution is 5.80. The third-order valence-electron chi connectivity index (χ3n) is 3.72. The number of carboxylic acids is 1. The third kappa shape index (κ3) is 2.34. The fourth-order valence-electron chi connectivity index (χ4n) is 1.87. The standard InChI is InChI=1S/C14H21NO2/c1-6-15(5)14(4,13(16)17)12-8-7-10(2)11(3)9-12/h7-9H,6H2,1-5H3,(H,16,17). The molecule has 1 rings (SSSR count). The van der Waals surface area contributed by atoms with Crippen molar-refractivity contribution in [2.45, 2.75) is 33.2 Å². The maximum Gasteiger partial charge on any atom is 0.328 e. The number of benzene rings is 1. The van der Waals surface area contributed by atoms with Gasteiger partial charge in [0.1, 0.15) is 5.54 Å². The molecule has 0 saturated carbocycles. The molecule has 0 aliphatic rings. The summed E-state index contributed by atoms with van der Waals surface area (Å²) in [6.45, 7) is 8.44. The summed E-state index contributed by atoms with van der Waals surface area (Å²) >= 11 is 0. The Hall–Kier alpha value is -1.35. The summed E-state index contributed by atoms with van der Waals surface area (Å²) in [6, 6.07) is 5.85. The predicted octanol–water partition coefficient (Wildman–Crippen LogP) is 2.55. The molecular formula is C14H21NO2. The van der Waals surface area contributed by atoms with Crippen LogP contribution in [-0.2, 0) is 10.3 Å². The van der Waals surface area contributed by atoms with Crippen molar-refractivity contribution < 1.29 is 9.90 Å². The monoisotopic (exact) mass is 235 g/mol. The van der Waals surface area contributed by atoms with Gasteiger partial charge in [0.2, 0.25) is 0 Å². The lowest BCUT2D eigenvalue weighted by molar-refractivity contribution is -0.150. The first kappa shape index (κ1) is 13.7. The van der Waals surface area contributed by atoms with Crippen LogP contribution in [0.5, 0.6) is 0 Å². The number of rotatable bonds is 4. The summed E-state index contributed by atoms with van der Waals surface area (Å²) < 4.78 is 0. The Balaban J connectivity index is 3.32. The highest BCUT2D eigenvalue weighted by Gasteiger charge is 2.38. The zero-order valence-electron chi connectivity index (χ0n) is 11.2. The molecule has 0 aliphatic heterocycles. The van der Waals surface area contributed by atoms with Gasteiger partial charge in [0.05, 0.1) is 0 Å². The van der Waals surface area contributed by atoms with Gasteiger partial charge >= 0.3 is 5.97 Å². The van der Waals surface area contributed by atoms with Crippen LogP contribution in [0, 0.1) is 13.8 Å². The minimum Gasteiger partial charge on any atom is -0.480 e. The second-order valence-electron chi connectivity index (χ2n) is 4.69. The van der Waals surface area contributed by atoms with Crippen LogP contribution in [0.25, 0.3) is 0 Å². The molecule has 3 nitrogen and oxygen atoms in total. The van der Waals surface area contributed by atoms with Gasteiger partial charge in [-0.05, 0) is 51.1 Å². The maximum atomic E-state index is 11.6.